The normalized spacial score (nSPS) is 18.5. The molecule has 0 spiro atoms. The van der Waals surface area contributed by atoms with E-state index in [0.717, 1.165) is 13.0 Å². The topological polar surface area (TPSA) is 94.6 Å². The Labute approximate surface area is 155 Å². The van der Waals surface area contributed by atoms with E-state index in [9.17, 15) is 9.59 Å². The molecule has 0 aromatic heterocycles. The third-order valence-electron chi connectivity index (χ3n) is 3.30. The maximum Gasteiger partial charge on any atom is 0.225 e. The summed E-state index contributed by atoms with van der Waals surface area (Å²) in [6.45, 7) is 10.0. The van der Waals surface area contributed by atoms with Gasteiger partial charge < -0.3 is 21.3 Å². The highest BCUT2D eigenvalue weighted by Gasteiger charge is 2.20. The van der Waals surface area contributed by atoms with Crippen LogP contribution >= 0.6 is 24.0 Å². The molecule has 2 amide bonds. The van der Waals surface area contributed by atoms with Gasteiger partial charge >= 0.3 is 0 Å². The second-order valence-corrected chi connectivity index (χ2v) is 6.45. The molecule has 0 aromatic rings. The smallest absolute Gasteiger partial charge is 0.225 e. The summed E-state index contributed by atoms with van der Waals surface area (Å²) in [6.07, 6.45) is 1.34. The predicted octanol–water partition coefficient (Wildman–Crippen LogP) is 0.600. The number of amides is 2. The van der Waals surface area contributed by atoms with Gasteiger partial charge in [-0.2, -0.15) is 0 Å². The molecule has 7 nitrogen and oxygen atoms in total. The van der Waals surface area contributed by atoms with Crippen molar-refractivity contribution in [1.29, 1.82) is 0 Å². The molecule has 0 saturated carbocycles. The number of carbonyl (C=O) groups excluding carboxylic acids is 2. The summed E-state index contributed by atoms with van der Waals surface area (Å²) in [5.74, 6) is 0.842. The number of piperidine rings is 1. The van der Waals surface area contributed by atoms with Gasteiger partial charge in [0, 0.05) is 37.5 Å². The molecular weight excluding hydrogens is 409 g/mol. The fourth-order valence-corrected chi connectivity index (χ4v) is 1.97. The van der Waals surface area contributed by atoms with Crippen LogP contribution in [0.4, 0.5) is 0 Å². The Morgan fingerprint density at radius 2 is 2.04 bits per heavy atom. The lowest BCUT2D eigenvalue weighted by Crippen LogP contribution is -2.51. The van der Waals surface area contributed by atoms with Crippen LogP contribution in [0.2, 0.25) is 0 Å². The molecule has 0 radical (unpaired) electrons. The molecular formula is C15H30IN5O2. The molecule has 1 fully saturated rings. The quantitative estimate of drug-likeness (QED) is 0.219. The SMILES string of the molecule is CCNC(=NCCNC(=O)C(C)(C)C)NC1CCC(=O)NC1.I. The molecule has 1 unspecified atom stereocenters. The van der Waals surface area contributed by atoms with E-state index in [2.05, 4.69) is 26.3 Å². The first-order chi connectivity index (χ1) is 10.3. The minimum absolute atomic E-state index is 0. The standard InChI is InChI=1S/C15H29N5O2.HI/c1-5-16-14(20-11-6-7-12(21)19-10-11)18-9-8-17-13(22)15(2,3)4;/h11H,5-10H2,1-4H3,(H,17,22)(H,19,21)(H2,16,18,20);1H. The van der Waals surface area contributed by atoms with Crippen LogP contribution in [0.1, 0.15) is 40.5 Å². The van der Waals surface area contributed by atoms with Gasteiger partial charge in [0.15, 0.2) is 5.96 Å². The van der Waals surface area contributed by atoms with Crippen molar-refractivity contribution in [3.05, 3.63) is 0 Å². The van der Waals surface area contributed by atoms with Gasteiger partial charge in [-0.3, -0.25) is 14.6 Å². The van der Waals surface area contributed by atoms with Gasteiger partial charge in [0.1, 0.15) is 0 Å². The number of nitrogens with zero attached hydrogens (tertiary/aromatic N) is 1. The Hall–Kier alpha value is -1.06. The molecule has 0 aliphatic carbocycles. The molecule has 4 N–H and O–H groups in total. The van der Waals surface area contributed by atoms with Crippen molar-refractivity contribution in [2.24, 2.45) is 10.4 Å². The van der Waals surface area contributed by atoms with E-state index in [1.54, 1.807) is 0 Å². The van der Waals surface area contributed by atoms with Gasteiger partial charge in [-0.1, -0.05) is 20.8 Å². The van der Waals surface area contributed by atoms with Crippen LogP contribution in [0.25, 0.3) is 0 Å². The van der Waals surface area contributed by atoms with Crippen molar-refractivity contribution in [2.45, 2.75) is 46.6 Å². The first kappa shape index (κ1) is 21.9. The Morgan fingerprint density at radius 3 is 2.57 bits per heavy atom. The zero-order chi connectivity index (χ0) is 16.6. The lowest BCUT2D eigenvalue weighted by atomic mass is 9.96. The van der Waals surface area contributed by atoms with Gasteiger partial charge in [-0.05, 0) is 13.3 Å². The highest BCUT2D eigenvalue weighted by atomic mass is 127. The highest BCUT2D eigenvalue weighted by molar-refractivity contribution is 14.0. The fraction of sp³-hybridized carbons (Fsp3) is 0.800. The summed E-state index contributed by atoms with van der Waals surface area (Å²) < 4.78 is 0. The second-order valence-electron chi connectivity index (χ2n) is 6.45. The average Bonchev–Trinajstić information content (AvgIpc) is 2.44. The third kappa shape index (κ3) is 8.97. The van der Waals surface area contributed by atoms with Crippen LogP contribution in [0.5, 0.6) is 0 Å². The number of hydrogen-bond acceptors (Lipinski definition) is 3. The van der Waals surface area contributed by atoms with Gasteiger partial charge in [0.25, 0.3) is 0 Å². The summed E-state index contributed by atoms with van der Waals surface area (Å²) in [4.78, 5) is 27.4. The van der Waals surface area contributed by atoms with E-state index >= 15 is 0 Å². The van der Waals surface area contributed by atoms with Gasteiger partial charge in [-0.15, -0.1) is 24.0 Å². The maximum absolute atomic E-state index is 11.8. The largest absolute Gasteiger partial charge is 0.357 e. The number of guanidine groups is 1. The number of halogens is 1. The number of rotatable bonds is 5. The van der Waals surface area contributed by atoms with E-state index in [0.29, 0.717) is 32.0 Å². The monoisotopic (exact) mass is 439 g/mol. The van der Waals surface area contributed by atoms with Crippen LogP contribution in [0.3, 0.4) is 0 Å². The fourth-order valence-electron chi connectivity index (χ4n) is 1.97. The summed E-state index contributed by atoms with van der Waals surface area (Å²) in [7, 11) is 0. The minimum atomic E-state index is -0.382. The van der Waals surface area contributed by atoms with Gasteiger partial charge in [0.05, 0.1) is 6.54 Å². The number of nitrogens with one attached hydrogen (secondary N) is 4. The number of aliphatic imine (C=N–C) groups is 1. The lowest BCUT2D eigenvalue weighted by Gasteiger charge is -2.25. The van der Waals surface area contributed by atoms with E-state index in [-0.39, 0.29) is 47.2 Å². The number of hydrogen-bond donors (Lipinski definition) is 4. The molecule has 1 atom stereocenters. The molecule has 1 saturated heterocycles. The summed E-state index contributed by atoms with van der Waals surface area (Å²) >= 11 is 0. The molecule has 134 valence electrons. The van der Waals surface area contributed by atoms with Crippen molar-refractivity contribution < 1.29 is 9.59 Å². The Balaban J connectivity index is 0.00000484. The van der Waals surface area contributed by atoms with Gasteiger partial charge in [0.2, 0.25) is 11.8 Å². The van der Waals surface area contributed by atoms with E-state index in [1.165, 1.54) is 0 Å². The van der Waals surface area contributed by atoms with Crippen LogP contribution in [0, 0.1) is 5.41 Å². The van der Waals surface area contributed by atoms with E-state index in [1.807, 2.05) is 27.7 Å². The second kappa shape index (κ2) is 10.7. The van der Waals surface area contributed by atoms with Crippen molar-refractivity contribution in [2.75, 3.05) is 26.2 Å². The summed E-state index contributed by atoms with van der Waals surface area (Å²) in [6, 6.07) is 0.194. The first-order valence-corrected chi connectivity index (χ1v) is 7.92. The lowest BCUT2D eigenvalue weighted by molar-refractivity contribution is -0.128. The Kier molecular flexibility index (Phi) is 10.2. The molecule has 1 heterocycles. The molecule has 23 heavy (non-hydrogen) atoms. The molecule has 0 aromatic carbocycles. The minimum Gasteiger partial charge on any atom is -0.357 e. The Morgan fingerprint density at radius 1 is 1.35 bits per heavy atom. The van der Waals surface area contributed by atoms with Crippen LogP contribution in [0.15, 0.2) is 4.99 Å². The van der Waals surface area contributed by atoms with Crippen molar-refractivity contribution in [1.82, 2.24) is 21.3 Å². The average molecular weight is 439 g/mol. The van der Waals surface area contributed by atoms with Crippen LogP contribution < -0.4 is 21.3 Å². The van der Waals surface area contributed by atoms with Crippen LogP contribution in [-0.4, -0.2) is 50.0 Å². The molecule has 1 rings (SSSR count). The highest BCUT2D eigenvalue weighted by Crippen LogP contribution is 2.11. The molecule has 1 aliphatic rings. The summed E-state index contributed by atoms with van der Waals surface area (Å²) in [5.41, 5.74) is -0.382. The molecule has 8 heteroatoms. The maximum atomic E-state index is 11.8. The van der Waals surface area contributed by atoms with Crippen LogP contribution in [-0.2, 0) is 9.59 Å². The van der Waals surface area contributed by atoms with Crippen molar-refractivity contribution >= 4 is 41.8 Å². The Bertz CT molecular complexity index is 411. The molecule has 1 aliphatic heterocycles. The van der Waals surface area contributed by atoms with Crippen molar-refractivity contribution in [3.63, 3.8) is 0 Å². The number of carbonyl (C=O) groups is 2. The van der Waals surface area contributed by atoms with Crippen molar-refractivity contribution in [3.8, 4) is 0 Å². The van der Waals surface area contributed by atoms with E-state index < -0.39 is 0 Å². The first-order valence-electron chi connectivity index (χ1n) is 7.92. The molecule has 0 bridgehead atoms. The predicted molar refractivity (Wildman–Crippen MR) is 103 cm³/mol. The van der Waals surface area contributed by atoms with Gasteiger partial charge in [-0.25, -0.2) is 0 Å². The summed E-state index contributed by atoms with van der Waals surface area (Å²) in [5, 5.41) is 12.2. The zero-order valence-electron chi connectivity index (χ0n) is 14.5. The third-order valence-corrected chi connectivity index (χ3v) is 3.30. The van der Waals surface area contributed by atoms with E-state index in [4.69, 9.17) is 0 Å². The zero-order valence-corrected chi connectivity index (χ0v) is 16.8.